The third-order valence-corrected chi connectivity index (χ3v) is 4.27. The fourth-order valence-corrected chi connectivity index (χ4v) is 2.92. The van der Waals surface area contributed by atoms with E-state index in [1.165, 1.54) is 0 Å². The molecule has 6 heteroatoms. The zero-order valence-electron chi connectivity index (χ0n) is 13.1. The smallest absolute Gasteiger partial charge is 0.303 e. The monoisotopic (exact) mass is 319 g/mol. The number of ether oxygens (including phenoxy) is 2. The third-order valence-electron chi connectivity index (χ3n) is 4.27. The fourth-order valence-electron chi connectivity index (χ4n) is 2.92. The normalized spacial score (nSPS) is 23.0. The summed E-state index contributed by atoms with van der Waals surface area (Å²) in [6, 6.07) is 5.84. The van der Waals surface area contributed by atoms with Gasteiger partial charge in [0.25, 0.3) is 0 Å². The number of amides is 1. The molecule has 0 bridgehead atoms. The van der Waals surface area contributed by atoms with Crippen molar-refractivity contribution < 1.29 is 24.2 Å². The van der Waals surface area contributed by atoms with E-state index < -0.39 is 5.97 Å². The molecule has 1 aliphatic carbocycles. The van der Waals surface area contributed by atoms with E-state index >= 15 is 0 Å². The highest BCUT2D eigenvalue weighted by Crippen LogP contribution is 2.49. The molecule has 3 unspecified atom stereocenters. The number of aliphatic carboxylic acids is 1. The van der Waals surface area contributed by atoms with Crippen LogP contribution in [-0.4, -0.2) is 36.7 Å². The van der Waals surface area contributed by atoms with Gasteiger partial charge in [-0.25, -0.2) is 0 Å². The maximum absolute atomic E-state index is 12.2. The first-order valence-corrected chi connectivity index (χ1v) is 7.93. The molecule has 1 saturated carbocycles. The molecule has 3 rings (SSSR count). The van der Waals surface area contributed by atoms with E-state index in [0.29, 0.717) is 19.8 Å². The summed E-state index contributed by atoms with van der Waals surface area (Å²) in [6.07, 6.45) is 0.884. The van der Waals surface area contributed by atoms with Crippen molar-refractivity contribution in [3.05, 3.63) is 23.8 Å². The summed E-state index contributed by atoms with van der Waals surface area (Å²) in [4.78, 5) is 22.8. The van der Waals surface area contributed by atoms with Crippen molar-refractivity contribution in [2.45, 2.75) is 25.7 Å². The highest BCUT2D eigenvalue weighted by molar-refractivity contribution is 5.83. The van der Waals surface area contributed by atoms with Crippen LogP contribution in [-0.2, 0) is 9.59 Å². The Morgan fingerprint density at radius 3 is 2.78 bits per heavy atom. The highest BCUT2D eigenvalue weighted by Gasteiger charge is 2.44. The Labute approximate surface area is 134 Å². The summed E-state index contributed by atoms with van der Waals surface area (Å²) in [5.74, 6) is 0.770. The minimum absolute atomic E-state index is 0.00197. The molecular formula is C17H21NO5. The van der Waals surface area contributed by atoms with Gasteiger partial charge in [-0.15, -0.1) is 0 Å². The molecule has 1 aromatic carbocycles. The van der Waals surface area contributed by atoms with Crippen molar-refractivity contribution in [1.29, 1.82) is 0 Å². The van der Waals surface area contributed by atoms with Gasteiger partial charge in [0, 0.05) is 18.9 Å². The van der Waals surface area contributed by atoms with Gasteiger partial charge in [-0.2, -0.15) is 0 Å². The molecule has 0 radical (unpaired) electrons. The first-order chi connectivity index (χ1) is 11.0. The van der Waals surface area contributed by atoms with Gasteiger partial charge in [0.05, 0.1) is 0 Å². The second-order valence-corrected chi connectivity index (χ2v) is 6.30. The Kier molecular flexibility index (Phi) is 4.41. The summed E-state index contributed by atoms with van der Waals surface area (Å²) in [7, 11) is 0. The van der Waals surface area contributed by atoms with Crippen molar-refractivity contribution >= 4 is 11.9 Å². The quantitative estimate of drug-likeness (QED) is 0.835. The predicted octanol–water partition coefficient (Wildman–Crippen LogP) is 1.79. The number of hydrogen-bond donors (Lipinski definition) is 2. The number of benzene rings is 1. The van der Waals surface area contributed by atoms with Crippen molar-refractivity contribution in [2.24, 2.45) is 11.8 Å². The fraction of sp³-hybridized carbons (Fsp3) is 0.529. The number of carbonyl (C=O) groups excluding carboxylic acids is 1. The molecule has 1 aromatic rings. The minimum atomic E-state index is -0.840. The van der Waals surface area contributed by atoms with Gasteiger partial charge < -0.3 is 19.9 Å². The summed E-state index contributed by atoms with van der Waals surface area (Å²) in [6.45, 7) is 3.33. The van der Waals surface area contributed by atoms with Gasteiger partial charge >= 0.3 is 5.97 Å². The van der Waals surface area contributed by atoms with E-state index in [9.17, 15) is 9.59 Å². The molecule has 0 spiro atoms. The third kappa shape index (κ3) is 3.75. The molecule has 6 nitrogen and oxygen atoms in total. The van der Waals surface area contributed by atoms with Gasteiger partial charge in [-0.1, -0.05) is 13.0 Å². The molecule has 2 aliphatic rings. The Bertz CT molecular complexity index is 615. The molecule has 3 atom stereocenters. The Hall–Kier alpha value is -2.24. The van der Waals surface area contributed by atoms with Crippen LogP contribution >= 0.6 is 0 Å². The number of fused-ring (bicyclic) bond motifs is 1. The second kappa shape index (κ2) is 6.48. The largest absolute Gasteiger partial charge is 0.486 e. The SMILES string of the molecule is CC(CNC(=O)C1CC1c1ccc2c(c1)OCCO2)CC(=O)O. The van der Waals surface area contributed by atoms with Gasteiger partial charge in [0.15, 0.2) is 11.5 Å². The lowest BCUT2D eigenvalue weighted by atomic mass is 10.1. The first kappa shape index (κ1) is 15.6. The van der Waals surface area contributed by atoms with Crippen molar-refractivity contribution in [1.82, 2.24) is 5.32 Å². The maximum Gasteiger partial charge on any atom is 0.303 e. The zero-order valence-corrected chi connectivity index (χ0v) is 13.1. The van der Waals surface area contributed by atoms with Gasteiger partial charge in [0.1, 0.15) is 13.2 Å². The molecule has 1 amide bonds. The van der Waals surface area contributed by atoms with Crippen LogP contribution in [0, 0.1) is 11.8 Å². The van der Waals surface area contributed by atoms with E-state index in [1.54, 1.807) is 0 Å². The second-order valence-electron chi connectivity index (χ2n) is 6.30. The van der Waals surface area contributed by atoms with Crippen LogP contribution in [0.2, 0.25) is 0 Å². The van der Waals surface area contributed by atoms with Crippen LogP contribution in [0.15, 0.2) is 18.2 Å². The van der Waals surface area contributed by atoms with Crippen LogP contribution < -0.4 is 14.8 Å². The number of carboxylic acids is 1. The summed E-state index contributed by atoms with van der Waals surface area (Å²) >= 11 is 0. The molecule has 23 heavy (non-hydrogen) atoms. The highest BCUT2D eigenvalue weighted by atomic mass is 16.6. The summed E-state index contributed by atoms with van der Waals surface area (Å²) < 4.78 is 11.1. The van der Waals surface area contributed by atoms with Gasteiger partial charge in [-0.05, 0) is 36.0 Å². The molecule has 2 N–H and O–H groups in total. The molecule has 0 saturated heterocycles. The van der Waals surface area contributed by atoms with E-state index in [2.05, 4.69) is 5.32 Å². The zero-order chi connectivity index (χ0) is 16.4. The van der Waals surface area contributed by atoms with Crippen LogP contribution in [0.4, 0.5) is 0 Å². The number of carbonyl (C=O) groups is 2. The summed E-state index contributed by atoms with van der Waals surface area (Å²) in [5, 5.41) is 11.6. The number of hydrogen-bond acceptors (Lipinski definition) is 4. The number of carboxylic acid groups (broad SMARTS) is 1. The average Bonchev–Trinajstić information content (AvgIpc) is 3.32. The van der Waals surface area contributed by atoms with Crippen molar-refractivity contribution in [2.75, 3.05) is 19.8 Å². The Morgan fingerprint density at radius 1 is 1.30 bits per heavy atom. The maximum atomic E-state index is 12.2. The van der Waals surface area contributed by atoms with E-state index in [4.69, 9.17) is 14.6 Å². The molecular weight excluding hydrogens is 298 g/mol. The van der Waals surface area contributed by atoms with Crippen LogP contribution in [0.1, 0.15) is 31.2 Å². The first-order valence-electron chi connectivity index (χ1n) is 7.93. The minimum Gasteiger partial charge on any atom is -0.486 e. The van der Waals surface area contributed by atoms with Gasteiger partial charge in [0.2, 0.25) is 5.91 Å². The van der Waals surface area contributed by atoms with Crippen molar-refractivity contribution in [3.8, 4) is 11.5 Å². The van der Waals surface area contributed by atoms with Crippen LogP contribution in [0.25, 0.3) is 0 Å². The lowest BCUT2D eigenvalue weighted by Crippen LogP contribution is -2.30. The lowest BCUT2D eigenvalue weighted by Gasteiger charge is -2.18. The van der Waals surface area contributed by atoms with Crippen LogP contribution in [0.3, 0.4) is 0 Å². The Balaban J connectivity index is 1.52. The molecule has 124 valence electrons. The lowest BCUT2D eigenvalue weighted by molar-refractivity contribution is -0.138. The summed E-state index contributed by atoms with van der Waals surface area (Å²) in [5.41, 5.74) is 1.09. The van der Waals surface area contributed by atoms with E-state index in [-0.39, 0.29) is 30.1 Å². The molecule has 1 fully saturated rings. The van der Waals surface area contributed by atoms with Crippen molar-refractivity contribution in [3.63, 3.8) is 0 Å². The molecule has 0 aromatic heterocycles. The van der Waals surface area contributed by atoms with Crippen LogP contribution in [0.5, 0.6) is 11.5 Å². The molecule has 1 heterocycles. The van der Waals surface area contributed by atoms with E-state index in [0.717, 1.165) is 23.5 Å². The standard InChI is InChI=1S/C17H21NO5/c1-10(6-16(19)20)9-18-17(21)13-8-12(13)11-2-3-14-15(7-11)23-5-4-22-14/h2-3,7,10,12-13H,4-6,8-9H2,1H3,(H,18,21)(H,19,20). The average molecular weight is 319 g/mol. The van der Waals surface area contributed by atoms with E-state index in [1.807, 2.05) is 25.1 Å². The molecule has 1 aliphatic heterocycles. The predicted molar refractivity (Wildman–Crippen MR) is 82.7 cm³/mol. The number of nitrogens with one attached hydrogen (secondary N) is 1. The topological polar surface area (TPSA) is 84.9 Å². The number of rotatable bonds is 6. The Morgan fingerprint density at radius 2 is 2.04 bits per heavy atom. The van der Waals surface area contributed by atoms with Gasteiger partial charge in [-0.3, -0.25) is 9.59 Å².